The standard InChI is InChI=1S/C9H13NO3/c1-3-4-5-8(11)12-9-6-7(2)10-13-9/h6H,3-5H2,1-2H3. The van der Waals surface area contributed by atoms with E-state index in [1.165, 1.54) is 0 Å². The van der Waals surface area contributed by atoms with Crippen LogP contribution >= 0.6 is 0 Å². The van der Waals surface area contributed by atoms with Gasteiger partial charge in [0.25, 0.3) is 0 Å². The molecule has 0 spiro atoms. The maximum absolute atomic E-state index is 11.1. The molecule has 4 nitrogen and oxygen atoms in total. The Kier molecular flexibility index (Phi) is 3.49. The van der Waals surface area contributed by atoms with Crippen molar-refractivity contribution in [2.75, 3.05) is 0 Å². The molecule has 1 aromatic rings. The lowest BCUT2D eigenvalue weighted by Gasteiger charge is -1.97. The monoisotopic (exact) mass is 183 g/mol. The SMILES string of the molecule is CCCCC(=O)Oc1cc(C)no1. The lowest BCUT2D eigenvalue weighted by atomic mass is 10.2. The lowest BCUT2D eigenvalue weighted by molar-refractivity contribution is -0.135. The topological polar surface area (TPSA) is 52.3 Å². The fourth-order valence-electron chi connectivity index (χ4n) is 0.873. The minimum Gasteiger partial charge on any atom is -0.391 e. The molecule has 0 aliphatic heterocycles. The Labute approximate surface area is 76.9 Å². The van der Waals surface area contributed by atoms with Crippen LogP contribution in [0, 0.1) is 6.92 Å². The highest BCUT2D eigenvalue weighted by atomic mass is 16.6. The molecule has 0 radical (unpaired) electrons. The van der Waals surface area contributed by atoms with Crippen LogP contribution in [-0.2, 0) is 4.79 Å². The Morgan fingerprint density at radius 1 is 1.69 bits per heavy atom. The average Bonchev–Trinajstić information content (AvgIpc) is 2.48. The average molecular weight is 183 g/mol. The molecular formula is C9H13NO3. The van der Waals surface area contributed by atoms with Gasteiger partial charge in [-0.3, -0.25) is 4.79 Å². The first kappa shape index (κ1) is 9.77. The summed E-state index contributed by atoms with van der Waals surface area (Å²) in [5.41, 5.74) is 0.707. The van der Waals surface area contributed by atoms with E-state index in [-0.39, 0.29) is 11.9 Å². The van der Waals surface area contributed by atoms with Gasteiger partial charge in [0.2, 0.25) is 0 Å². The van der Waals surface area contributed by atoms with E-state index in [2.05, 4.69) is 5.16 Å². The second-order valence-corrected chi connectivity index (χ2v) is 2.86. The third-order valence-corrected chi connectivity index (χ3v) is 1.56. The van der Waals surface area contributed by atoms with Crippen molar-refractivity contribution in [2.24, 2.45) is 0 Å². The van der Waals surface area contributed by atoms with E-state index in [0.29, 0.717) is 12.1 Å². The van der Waals surface area contributed by atoms with Gasteiger partial charge in [-0.25, -0.2) is 0 Å². The molecule has 1 heterocycles. The molecule has 0 atom stereocenters. The van der Waals surface area contributed by atoms with Gasteiger partial charge >= 0.3 is 11.9 Å². The van der Waals surface area contributed by atoms with Gasteiger partial charge in [-0.05, 0) is 13.3 Å². The molecule has 0 amide bonds. The molecule has 0 bridgehead atoms. The normalized spacial score (nSPS) is 10.0. The third-order valence-electron chi connectivity index (χ3n) is 1.56. The number of aryl methyl sites for hydroxylation is 1. The lowest BCUT2D eigenvalue weighted by Crippen LogP contribution is -2.06. The first-order valence-electron chi connectivity index (χ1n) is 4.36. The van der Waals surface area contributed by atoms with Crippen molar-refractivity contribution in [3.63, 3.8) is 0 Å². The minimum atomic E-state index is -0.266. The first-order chi connectivity index (χ1) is 6.22. The van der Waals surface area contributed by atoms with E-state index in [1.54, 1.807) is 13.0 Å². The van der Waals surface area contributed by atoms with Crippen LogP contribution in [0.1, 0.15) is 31.9 Å². The smallest absolute Gasteiger partial charge is 0.319 e. The molecule has 0 N–H and O–H groups in total. The van der Waals surface area contributed by atoms with Crippen molar-refractivity contribution in [3.8, 4) is 5.95 Å². The van der Waals surface area contributed by atoms with E-state index >= 15 is 0 Å². The number of ether oxygens (including phenoxy) is 1. The number of aromatic nitrogens is 1. The maximum Gasteiger partial charge on any atom is 0.319 e. The number of nitrogens with zero attached hydrogens (tertiary/aromatic N) is 1. The molecule has 0 aliphatic carbocycles. The number of unbranched alkanes of at least 4 members (excludes halogenated alkanes) is 1. The molecule has 1 aromatic heterocycles. The van der Waals surface area contributed by atoms with Crippen LogP contribution in [-0.4, -0.2) is 11.1 Å². The number of esters is 1. The fourth-order valence-corrected chi connectivity index (χ4v) is 0.873. The minimum absolute atomic E-state index is 0.179. The van der Waals surface area contributed by atoms with Crippen LogP contribution in [0.2, 0.25) is 0 Å². The van der Waals surface area contributed by atoms with Crippen LogP contribution < -0.4 is 4.74 Å². The van der Waals surface area contributed by atoms with Crippen molar-refractivity contribution in [1.29, 1.82) is 0 Å². The van der Waals surface area contributed by atoms with E-state index in [4.69, 9.17) is 9.26 Å². The molecule has 0 fully saturated rings. The highest BCUT2D eigenvalue weighted by Gasteiger charge is 2.07. The molecule has 0 aromatic carbocycles. The van der Waals surface area contributed by atoms with Gasteiger partial charge in [0.1, 0.15) is 0 Å². The first-order valence-corrected chi connectivity index (χ1v) is 4.36. The van der Waals surface area contributed by atoms with E-state index in [9.17, 15) is 4.79 Å². The quantitative estimate of drug-likeness (QED) is 0.670. The van der Waals surface area contributed by atoms with E-state index in [0.717, 1.165) is 12.8 Å². The van der Waals surface area contributed by atoms with Gasteiger partial charge < -0.3 is 9.26 Å². The summed E-state index contributed by atoms with van der Waals surface area (Å²) in [6.45, 7) is 3.79. The summed E-state index contributed by atoms with van der Waals surface area (Å²) in [6.07, 6.45) is 2.24. The van der Waals surface area contributed by atoms with Gasteiger partial charge in [0, 0.05) is 12.5 Å². The number of rotatable bonds is 4. The highest BCUT2D eigenvalue weighted by molar-refractivity contribution is 5.71. The van der Waals surface area contributed by atoms with Crippen LogP contribution in [0.25, 0.3) is 0 Å². The van der Waals surface area contributed by atoms with E-state index < -0.39 is 0 Å². The van der Waals surface area contributed by atoms with Crippen molar-refractivity contribution in [1.82, 2.24) is 5.16 Å². The molecular weight excluding hydrogens is 170 g/mol. The zero-order chi connectivity index (χ0) is 9.68. The molecule has 0 saturated heterocycles. The van der Waals surface area contributed by atoms with Crippen molar-refractivity contribution < 1.29 is 14.1 Å². The summed E-state index contributed by atoms with van der Waals surface area (Å²) in [5, 5.41) is 3.60. The molecule has 4 heteroatoms. The fraction of sp³-hybridized carbons (Fsp3) is 0.556. The van der Waals surface area contributed by atoms with Gasteiger partial charge in [0.15, 0.2) is 0 Å². The Balaban J connectivity index is 2.36. The van der Waals surface area contributed by atoms with Crippen LogP contribution in [0.4, 0.5) is 0 Å². The predicted molar refractivity (Wildman–Crippen MR) is 46.4 cm³/mol. The number of hydrogen-bond acceptors (Lipinski definition) is 4. The summed E-state index contributed by atoms with van der Waals surface area (Å²) < 4.78 is 9.59. The number of hydrogen-bond donors (Lipinski definition) is 0. The highest BCUT2D eigenvalue weighted by Crippen LogP contribution is 2.12. The van der Waals surface area contributed by atoms with Crippen molar-refractivity contribution in [3.05, 3.63) is 11.8 Å². The third kappa shape index (κ3) is 3.27. The second-order valence-electron chi connectivity index (χ2n) is 2.86. The van der Waals surface area contributed by atoms with Crippen LogP contribution in [0.15, 0.2) is 10.6 Å². The summed E-state index contributed by atoms with van der Waals surface area (Å²) in [4.78, 5) is 11.1. The number of carbonyl (C=O) groups is 1. The zero-order valence-corrected chi connectivity index (χ0v) is 7.87. The summed E-state index contributed by atoms with van der Waals surface area (Å²) >= 11 is 0. The van der Waals surface area contributed by atoms with Gasteiger partial charge in [-0.15, -0.1) is 0 Å². The van der Waals surface area contributed by atoms with E-state index in [1.807, 2.05) is 6.92 Å². The summed E-state index contributed by atoms with van der Waals surface area (Å²) in [6, 6.07) is 1.59. The molecule has 0 saturated carbocycles. The maximum atomic E-state index is 11.1. The largest absolute Gasteiger partial charge is 0.391 e. The van der Waals surface area contributed by atoms with Gasteiger partial charge in [-0.1, -0.05) is 18.5 Å². The van der Waals surface area contributed by atoms with Crippen molar-refractivity contribution >= 4 is 5.97 Å². The number of carbonyl (C=O) groups excluding carboxylic acids is 1. The van der Waals surface area contributed by atoms with Gasteiger partial charge in [0.05, 0.1) is 5.69 Å². The summed E-state index contributed by atoms with van der Waals surface area (Å²) in [5.74, 6) is -0.0865. The van der Waals surface area contributed by atoms with Crippen LogP contribution in [0.5, 0.6) is 5.95 Å². The molecule has 1 rings (SSSR count). The Morgan fingerprint density at radius 2 is 2.46 bits per heavy atom. The Hall–Kier alpha value is -1.32. The summed E-state index contributed by atoms with van der Waals surface area (Å²) in [7, 11) is 0. The Bertz CT molecular complexity index is 280. The molecule has 72 valence electrons. The molecule has 0 aliphatic rings. The Morgan fingerprint density at radius 3 is 3.00 bits per heavy atom. The van der Waals surface area contributed by atoms with Gasteiger partial charge in [-0.2, -0.15) is 0 Å². The zero-order valence-electron chi connectivity index (χ0n) is 7.87. The molecule has 0 unspecified atom stereocenters. The molecule has 13 heavy (non-hydrogen) atoms. The predicted octanol–water partition coefficient (Wildman–Crippen LogP) is 2.08. The van der Waals surface area contributed by atoms with Crippen LogP contribution in [0.3, 0.4) is 0 Å². The second kappa shape index (κ2) is 4.64. The van der Waals surface area contributed by atoms with Crippen molar-refractivity contribution in [2.45, 2.75) is 33.1 Å².